The second-order valence-electron chi connectivity index (χ2n) is 6.75. The van der Waals surface area contributed by atoms with E-state index in [4.69, 9.17) is 0 Å². The summed E-state index contributed by atoms with van der Waals surface area (Å²) >= 11 is 0. The summed E-state index contributed by atoms with van der Waals surface area (Å²) in [7, 11) is 0. The molecule has 7 heteroatoms. The quantitative estimate of drug-likeness (QED) is 0.784. The number of fused-ring (bicyclic) bond motifs is 1. The fourth-order valence-corrected chi connectivity index (χ4v) is 3.62. The Labute approximate surface area is 149 Å². The standard InChI is InChI=1S/C19H21FN2O4/c20-11-7-8-12-14(10-17(23)21-16(12)9-11)18(24)22-15-6-4-2-1-3-5-13(15)19(25)26/h7-10,13,15H,1-6H2,(H,21,23)(H,22,24)(H,25,26). The van der Waals surface area contributed by atoms with Crippen LogP contribution in [-0.4, -0.2) is 28.0 Å². The molecule has 2 unspecified atom stereocenters. The number of carboxylic acids is 1. The summed E-state index contributed by atoms with van der Waals surface area (Å²) in [6, 6.07) is 4.47. The van der Waals surface area contributed by atoms with Crippen molar-refractivity contribution in [1.82, 2.24) is 10.3 Å². The van der Waals surface area contributed by atoms with Gasteiger partial charge in [0.25, 0.3) is 5.91 Å². The lowest BCUT2D eigenvalue weighted by atomic mass is 9.86. The van der Waals surface area contributed by atoms with E-state index >= 15 is 0 Å². The number of pyridine rings is 1. The summed E-state index contributed by atoms with van der Waals surface area (Å²) in [4.78, 5) is 38.7. The summed E-state index contributed by atoms with van der Waals surface area (Å²) < 4.78 is 13.4. The van der Waals surface area contributed by atoms with Crippen molar-refractivity contribution >= 4 is 22.8 Å². The van der Waals surface area contributed by atoms with Crippen LogP contribution < -0.4 is 10.9 Å². The van der Waals surface area contributed by atoms with Gasteiger partial charge in [-0.25, -0.2) is 4.39 Å². The summed E-state index contributed by atoms with van der Waals surface area (Å²) in [5.74, 6) is -2.60. The predicted molar refractivity (Wildman–Crippen MR) is 94.6 cm³/mol. The second-order valence-corrected chi connectivity index (χ2v) is 6.75. The number of aromatic nitrogens is 1. The van der Waals surface area contributed by atoms with Crippen molar-refractivity contribution in [3.05, 3.63) is 46.0 Å². The lowest BCUT2D eigenvalue weighted by Gasteiger charge is -2.27. The van der Waals surface area contributed by atoms with E-state index in [0.29, 0.717) is 18.2 Å². The first-order valence-electron chi connectivity index (χ1n) is 8.82. The number of carbonyl (C=O) groups excluding carboxylic acids is 1. The molecule has 0 saturated heterocycles. The van der Waals surface area contributed by atoms with Crippen molar-refractivity contribution in [3.63, 3.8) is 0 Å². The van der Waals surface area contributed by atoms with Crippen LogP contribution in [0.25, 0.3) is 10.9 Å². The van der Waals surface area contributed by atoms with E-state index in [0.717, 1.165) is 37.8 Å². The van der Waals surface area contributed by atoms with Crippen LogP contribution in [0.5, 0.6) is 0 Å². The first-order chi connectivity index (χ1) is 12.5. The molecule has 0 radical (unpaired) electrons. The number of aromatic amines is 1. The molecule has 138 valence electrons. The smallest absolute Gasteiger partial charge is 0.308 e. The highest BCUT2D eigenvalue weighted by atomic mass is 19.1. The molecule has 1 aromatic carbocycles. The number of amides is 1. The SMILES string of the molecule is O=C(NC1CCCCCCC1C(=O)O)c1cc(=O)[nH]c2cc(F)ccc12. The highest BCUT2D eigenvalue weighted by Gasteiger charge is 2.30. The van der Waals surface area contributed by atoms with E-state index in [1.165, 1.54) is 12.1 Å². The molecule has 0 spiro atoms. The Kier molecular flexibility index (Phi) is 5.35. The number of H-pyrrole nitrogens is 1. The lowest BCUT2D eigenvalue weighted by molar-refractivity contribution is -0.143. The number of hydrogen-bond acceptors (Lipinski definition) is 3. The number of nitrogens with one attached hydrogen (secondary N) is 2. The van der Waals surface area contributed by atoms with Gasteiger partial charge in [-0.1, -0.05) is 25.7 Å². The number of halogens is 1. The van der Waals surface area contributed by atoms with E-state index in [2.05, 4.69) is 10.3 Å². The van der Waals surface area contributed by atoms with Crippen LogP contribution in [0, 0.1) is 11.7 Å². The van der Waals surface area contributed by atoms with Crippen molar-refractivity contribution in [2.75, 3.05) is 0 Å². The fraction of sp³-hybridized carbons (Fsp3) is 0.421. The molecular formula is C19H21FN2O4. The van der Waals surface area contributed by atoms with Crippen LogP contribution >= 0.6 is 0 Å². The lowest BCUT2D eigenvalue weighted by Crippen LogP contribution is -2.44. The minimum Gasteiger partial charge on any atom is -0.481 e. The summed E-state index contributed by atoms with van der Waals surface area (Å²) in [6.45, 7) is 0. The van der Waals surface area contributed by atoms with Crippen LogP contribution in [0.1, 0.15) is 48.9 Å². The first kappa shape index (κ1) is 18.1. The van der Waals surface area contributed by atoms with Crippen molar-refractivity contribution < 1.29 is 19.1 Å². The van der Waals surface area contributed by atoms with Crippen LogP contribution in [0.4, 0.5) is 4.39 Å². The Hall–Kier alpha value is -2.70. The predicted octanol–water partition coefficient (Wildman–Crippen LogP) is 2.82. The van der Waals surface area contributed by atoms with E-state index in [9.17, 15) is 23.9 Å². The first-order valence-corrected chi connectivity index (χ1v) is 8.82. The van der Waals surface area contributed by atoms with Crippen LogP contribution in [0.2, 0.25) is 0 Å². The molecule has 26 heavy (non-hydrogen) atoms. The van der Waals surface area contributed by atoms with Gasteiger partial charge < -0.3 is 15.4 Å². The van der Waals surface area contributed by atoms with Gasteiger partial charge in [-0.3, -0.25) is 14.4 Å². The molecule has 1 aliphatic carbocycles. The van der Waals surface area contributed by atoms with Gasteiger partial charge in [0.05, 0.1) is 17.0 Å². The zero-order chi connectivity index (χ0) is 18.7. The third kappa shape index (κ3) is 3.92. The van der Waals surface area contributed by atoms with Crippen molar-refractivity contribution in [3.8, 4) is 0 Å². The molecule has 0 aliphatic heterocycles. The Balaban J connectivity index is 1.92. The molecular weight excluding hydrogens is 339 g/mol. The molecule has 1 saturated carbocycles. The number of rotatable bonds is 3. The van der Waals surface area contributed by atoms with Gasteiger partial charge in [-0.2, -0.15) is 0 Å². The average molecular weight is 360 g/mol. The van der Waals surface area contributed by atoms with Gasteiger partial charge in [0.2, 0.25) is 5.56 Å². The number of hydrogen-bond donors (Lipinski definition) is 3. The number of benzene rings is 1. The summed E-state index contributed by atoms with van der Waals surface area (Å²) in [5, 5.41) is 12.7. The molecule has 3 N–H and O–H groups in total. The van der Waals surface area contributed by atoms with E-state index < -0.39 is 35.2 Å². The van der Waals surface area contributed by atoms with Crippen LogP contribution in [0.15, 0.2) is 29.1 Å². The molecule has 6 nitrogen and oxygen atoms in total. The highest BCUT2D eigenvalue weighted by molar-refractivity contribution is 6.06. The maximum atomic E-state index is 13.4. The van der Waals surface area contributed by atoms with E-state index in [1.54, 1.807) is 0 Å². The normalized spacial score (nSPS) is 21.0. The molecule has 1 heterocycles. The number of carbonyl (C=O) groups is 2. The molecule has 1 aliphatic rings. The maximum absolute atomic E-state index is 13.4. The zero-order valence-electron chi connectivity index (χ0n) is 14.3. The summed E-state index contributed by atoms with van der Waals surface area (Å²) in [5.41, 5.74) is -0.161. The number of aliphatic carboxylic acids is 1. The van der Waals surface area contributed by atoms with Crippen LogP contribution in [-0.2, 0) is 4.79 Å². The monoisotopic (exact) mass is 360 g/mol. The zero-order valence-corrected chi connectivity index (χ0v) is 14.3. The molecule has 0 bridgehead atoms. The molecule has 1 fully saturated rings. The largest absolute Gasteiger partial charge is 0.481 e. The average Bonchev–Trinajstić information content (AvgIpc) is 2.55. The van der Waals surface area contributed by atoms with Gasteiger partial charge in [0.1, 0.15) is 5.82 Å². The minimum absolute atomic E-state index is 0.120. The topological polar surface area (TPSA) is 99.3 Å². The molecule has 1 amide bonds. The van der Waals surface area contributed by atoms with Gasteiger partial charge >= 0.3 is 5.97 Å². The van der Waals surface area contributed by atoms with Gasteiger partial charge in [0, 0.05) is 17.5 Å². The van der Waals surface area contributed by atoms with Gasteiger partial charge in [-0.05, 0) is 31.0 Å². The fourth-order valence-electron chi connectivity index (χ4n) is 3.62. The van der Waals surface area contributed by atoms with Crippen molar-refractivity contribution in [2.45, 2.75) is 44.6 Å². The van der Waals surface area contributed by atoms with Crippen LogP contribution in [0.3, 0.4) is 0 Å². The molecule has 3 rings (SSSR count). The Morgan fingerprint density at radius 2 is 1.85 bits per heavy atom. The Bertz CT molecular complexity index is 893. The van der Waals surface area contributed by atoms with E-state index in [1.807, 2.05) is 0 Å². The third-order valence-electron chi connectivity index (χ3n) is 4.95. The summed E-state index contributed by atoms with van der Waals surface area (Å²) in [6.07, 6.45) is 4.76. The number of carboxylic acid groups (broad SMARTS) is 1. The molecule has 1 aromatic heterocycles. The maximum Gasteiger partial charge on any atom is 0.308 e. The second kappa shape index (κ2) is 7.68. The molecule has 2 atom stereocenters. The minimum atomic E-state index is -0.921. The van der Waals surface area contributed by atoms with Gasteiger partial charge in [-0.15, -0.1) is 0 Å². The van der Waals surface area contributed by atoms with Gasteiger partial charge in [0.15, 0.2) is 0 Å². The van der Waals surface area contributed by atoms with E-state index in [-0.39, 0.29) is 11.1 Å². The highest BCUT2D eigenvalue weighted by Crippen LogP contribution is 2.24. The van der Waals surface area contributed by atoms with Crippen molar-refractivity contribution in [1.29, 1.82) is 0 Å². The Morgan fingerprint density at radius 1 is 1.12 bits per heavy atom. The Morgan fingerprint density at radius 3 is 2.58 bits per heavy atom. The third-order valence-corrected chi connectivity index (χ3v) is 4.95. The van der Waals surface area contributed by atoms with Crippen molar-refractivity contribution in [2.24, 2.45) is 5.92 Å². The molecule has 2 aromatic rings.